The van der Waals surface area contributed by atoms with Gasteiger partial charge >= 0.3 is 0 Å². The van der Waals surface area contributed by atoms with E-state index < -0.39 is 0 Å². The van der Waals surface area contributed by atoms with Crippen LogP contribution in [0.4, 0.5) is 0 Å². The number of ether oxygens (including phenoxy) is 1. The normalized spacial score (nSPS) is 37.1. The molecule has 3 heterocycles. The SMILES string of the molecule is COCC1CN2CC(c3nc(C)no3)C1C2. The standard InChI is InChI=1S/C11H17N3O2/c1-7-12-11(16-13-7)10-5-14-3-8(6-15-2)9(10)4-14/h8-10H,3-6H2,1-2H3. The lowest BCUT2D eigenvalue weighted by molar-refractivity contribution is 0.112. The topological polar surface area (TPSA) is 51.4 Å². The molecule has 0 aromatic carbocycles. The average molecular weight is 223 g/mol. The minimum atomic E-state index is 0.412. The first-order valence-electron chi connectivity index (χ1n) is 5.79. The van der Waals surface area contributed by atoms with E-state index in [-0.39, 0.29) is 0 Å². The molecule has 1 aromatic heterocycles. The van der Waals surface area contributed by atoms with Crippen LogP contribution in [0.15, 0.2) is 4.52 Å². The number of aromatic nitrogens is 2. The minimum absolute atomic E-state index is 0.412. The van der Waals surface area contributed by atoms with Crippen molar-refractivity contribution in [1.29, 1.82) is 0 Å². The van der Waals surface area contributed by atoms with Gasteiger partial charge in [0.25, 0.3) is 0 Å². The zero-order chi connectivity index (χ0) is 11.1. The van der Waals surface area contributed by atoms with Crippen LogP contribution in [-0.4, -0.2) is 48.4 Å². The van der Waals surface area contributed by atoms with Crippen molar-refractivity contribution < 1.29 is 9.26 Å². The van der Waals surface area contributed by atoms with Gasteiger partial charge in [-0.3, -0.25) is 0 Å². The highest BCUT2D eigenvalue weighted by molar-refractivity contribution is 5.08. The van der Waals surface area contributed by atoms with E-state index in [0.29, 0.717) is 17.8 Å². The fourth-order valence-electron chi connectivity index (χ4n) is 3.12. The zero-order valence-corrected chi connectivity index (χ0v) is 9.72. The molecule has 2 saturated heterocycles. The van der Waals surface area contributed by atoms with Crippen LogP contribution in [-0.2, 0) is 4.74 Å². The second-order valence-electron chi connectivity index (χ2n) is 4.88. The predicted octanol–water partition coefficient (Wildman–Crippen LogP) is 0.670. The summed E-state index contributed by atoms with van der Waals surface area (Å²) < 4.78 is 10.6. The number of rotatable bonds is 3. The molecular weight excluding hydrogens is 206 g/mol. The molecule has 3 rings (SSSR count). The minimum Gasteiger partial charge on any atom is -0.384 e. The van der Waals surface area contributed by atoms with E-state index in [1.54, 1.807) is 7.11 Å². The number of methoxy groups -OCH3 is 1. The molecule has 16 heavy (non-hydrogen) atoms. The molecule has 2 fully saturated rings. The summed E-state index contributed by atoms with van der Waals surface area (Å²) in [4.78, 5) is 6.83. The van der Waals surface area contributed by atoms with Crippen molar-refractivity contribution in [2.45, 2.75) is 12.8 Å². The van der Waals surface area contributed by atoms with E-state index in [9.17, 15) is 0 Å². The number of nitrogens with zero attached hydrogens (tertiary/aromatic N) is 3. The molecule has 4 unspecified atom stereocenters. The first-order chi connectivity index (χ1) is 7.78. The van der Waals surface area contributed by atoms with Crippen molar-refractivity contribution in [2.75, 3.05) is 33.4 Å². The zero-order valence-electron chi connectivity index (χ0n) is 9.72. The fourth-order valence-corrected chi connectivity index (χ4v) is 3.12. The van der Waals surface area contributed by atoms with Crippen LogP contribution >= 0.6 is 0 Å². The van der Waals surface area contributed by atoms with E-state index in [1.807, 2.05) is 6.92 Å². The van der Waals surface area contributed by atoms with Gasteiger partial charge in [-0.05, 0) is 18.8 Å². The lowest BCUT2D eigenvalue weighted by Gasteiger charge is -2.26. The molecule has 0 saturated carbocycles. The molecular formula is C11H17N3O2. The summed E-state index contributed by atoms with van der Waals surface area (Å²) in [6, 6.07) is 0. The van der Waals surface area contributed by atoms with Crippen molar-refractivity contribution in [2.24, 2.45) is 11.8 Å². The predicted molar refractivity (Wildman–Crippen MR) is 57.1 cm³/mol. The Bertz CT molecular complexity index is 379. The maximum atomic E-state index is 5.30. The molecule has 0 amide bonds. The van der Waals surface area contributed by atoms with Crippen LogP contribution in [0, 0.1) is 18.8 Å². The summed E-state index contributed by atoms with van der Waals surface area (Å²) >= 11 is 0. The molecule has 0 aliphatic carbocycles. The van der Waals surface area contributed by atoms with Crippen LogP contribution in [0.5, 0.6) is 0 Å². The molecule has 5 heteroatoms. The van der Waals surface area contributed by atoms with Gasteiger partial charge in [0, 0.05) is 26.7 Å². The fraction of sp³-hybridized carbons (Fsp3) is 0.818. The molecule has 0 N–H and O–H groups in total. The van der Waals surface area contributed by atoms with Crippen molar-refractivity contribution in [3.05, 3.63) is 11.7 Å². The van der Waals surface area contributed by atoms with Gasteiger partial charge in [-0.15, -0.1) is 0 Å². The first kappa shape index (κ1) is 10.2. The lowest BCUT2D eigenvalue weighted by atomic mass is 9.84. The molecule has 1 aromatic rings. The maximum Gasteiger partial charge on any atom is 0.231 e. The van der Waals surface area contributed by atoms with Gasteiger partial charge in [0.15, 0.2) is 5.82 Å². The number of hydrogen-bond donors (Lipinski definition) is 0. The molecule has 2 aliphatic heterocycles. The second kappa shape index (κ2) is 3.82. The van der Waals surface area contributed by atoms with E-state index >= 15 is 0 Å². The summed E-state index contributed by atoms with van der Waals surface area (Å²) in [5, 5.41) is 3.88. The van der Waals surface area contributed by atoms with Gasteiger partial charge in [0.05, 0.1) is 12.5 Å². The van der Waals surface area contributed by atoms with E-state index in [0.717, 1.165) is 38.0 Å². The molecule has 88 valence electrons. The van der Waals surface area contributed by atoms with Gasteiger partial charge in [-0.25, -0.2) is 0 Å². The van der Waals surface area contributed by atoms with E-state index in [2.05, 4.69) is 15.0 Å². The summed E-state index contributed by atoms with van der Waals surface area (Å²) in [7, 11) is 1.77. The molecule has 0 radical (unpaired) electrons. The Morgan fingerprint density at radius 1 is 1.44 bits per heavy atom. The molecule has 2 aliphatic rings. The summed E-state index contributed by atoms with van der Waals surface area (Å²) in [5.41, 5.74) is 0. The number of aryl methyl sites for hydroxylation is 1. The molecule has 5 nitrogen and oxygen atoms in total. The number of fused-ring (bicyclic) bond motifs is 2. The highest BCUT2D eigenvalue weighted by atomic mass is 16.5. The van der Waals surface area contributed by atoms with Gasteiger partial charge in [-0.2, -0.15) is 4.98 Å². The van der Waals surface area contributed by atoms with E-state index in [4.69, 9.17) is 9.26 Å². The van der Waals surface area contributed by atoms with Crippen LogP contribution in [0.3, 0.4) is 0 Å². The van der Waals surface area contributed by atoms with Crippen LogP contribution < -0.4 is 0 Å². The van der Waals surface area contributed by atoms with Gasteiger partial charge < -0.3 is 14.2 Å². The van der Waals surface area contributed by atoms with Crippen LogP contribution in [0.2, 0.25) is 0 Å². The lowest BCUT2D eigenvalue weighted by Crippen LogP contribution is -2.32. The smallest absolute Gasteiger partial charge is 0.231 e. The summed E-state index contributed by atoms with van der Waals surface area (Å²) in [6.07, 6.45) is 0. The van der Waals surface area contributed by atoms with Crippen molar-refractivity contribution in [1.82, 2.24) is 15.0 Å². The molecule has 2 bridgehead atoms. The first-order valence-corrected chi connectivity index (χ1v) is 5.79. The Morgan fingerprint density at radius 2 is 2.31 bits per heavy atom. The Kier molecular flexibility index (Phi) is 2.44. The van der Waals surface area contributed by atoms with Crippen LogP contribution in [0.25, 0.3) is 0 Å². The van der Waals surface area contributed by atoms with Gasteiger partial charge in [0.2, 0.25) is 5.89 Å². The third kappa shape index (κ3) is 1.55. The monoisotopic (exact) mass is 223 g/mol. The summed E-state index contributed by atoms with van der Waals surface area (Å²) in [5.74, 6) is 3.20. The highest BCUT2D eigenvalue weighted by Crippen LogP contribution is 2.42. The maximum absolute atomic E-state index is 5.30. The second-order valence-corrected chi connectivity index (χ2v) is 4.88. The largest absolute Gasteiger partial charge is 0.384 e. The Morgan fingerprint density at radius 3 is 2.94 bits per heavy atom. The Labute approximate surface area is 94.8 Å². The third-order valence-electron chi connectivity index (χ3n) is 3.78. The summed E-state index contributed by atoms with van der Waals surface area (Å²) in [6.45, 7) is 6.08. The quantitative estimate of drug-likeness (QED) is 0.754. The van der Waals surface area contributed by atoms with Gasteiger partial charge in [0.1, 0.15) is 0 Å². The van der Waals surface area contributed by atoms with Crippen molar-refractivity contribution >= 4 is 0 Å². The van der Waals surface area contributed by atoms with Gasteiger partial charge in [-0.1, -0.05) is 5.16 Å². The third-order valence-corrected chi connectivity index (χ3v) is 3.78. The number of hydrogen-bond acceptors (Lipinski definition) is 5. The Balaban J connectivity index is 1.78. The molecule has 4 atom stereocenters. The van der Waals surface area contributed by atoms with E-state index in [1.165, 1.54) is 0 Å². The van der Waals surface area contributed by atoms with Crippen LogP contribution in [0.1, 0.15) is 17.6 Å². The number of piperidine rings is 1. The average Bonchev–Trinajstić information content (AvgIpc) is 2.92. The van der Waals surface area contributed by atoms with Crippen molar-refractivity contribution in [3.8, 4) is 0 Å². The molecule has 0 spiro atoms. The van der Waals surface area contributed by atoms with Crippen molar-refractivity contribution in [3.63, 3.8) is 0 Å². The Hall–Kier alpha value is -0.940. The highest BCUT2D eigenvalue weighted by Gasteiger charge is 2.47.